The van der Waals surface area contributed by atoms with Gasteiger partial charge >= 0.3 is 0 Å². The maximum atomic E-state index is 2.31. The molecule has 0 aromatic carbocycles. The van der Waals surface area contributed by atoms with Gasteiger partial charge in [-0.2, -0.15) is 11.8 Å². The molecule has 0 N–H and O–H groups in total. The molecule has 2 heterocycles. The molecule has 0 saturated carbocycles. The summed E-state index contributed by atoms with van der Waals surface area (Å²) in [5.74, 6) is 3.29. The van der Waals surface area contributed by atoms with Gasteiger partial charge in [-0.05, 0) is 36.1 Å². The van der Waals surface area contributed by atoms with E-state index in [-0.39, 0.29) is 0 Å². The number of thioether (sulfide) groups is 1. The lowest BCUT2D eigenvalue weighted by Gasteiger charge is -2.10. The highest BCUT2D eigenvalue weighted by Gasteiger charge is 2.19. The second-order valence-electron chi connectivity index (χ2n) is 3.95. The fourth-order valence-corrected chi connectivity index (χ4v) is 4.46. The predicted octanol–water partition coefficient (Wildman–Crippen LogP) is 3.97. The largest absolute Gasteiger partial charge is 0.156 e. The Hall–Kier alpha value is 0.0500. The first-order chi connectivity index (χ1) is 6.20. The van der Waals surface area contributed by atoms with Gasteiger partial charge in [0.1, 0.15) is 0 Å². The normalized spacial score (nSPS) is 16.3. The van der Waals surface area contributed by atoms with E-state index in [9.17, 15) is 0 Å². The van der Waals surface area contributed by atoms with Crippen molar-refractivity contribution in [2.45, 2.75) is 38.9 Å². The summed E-state index contributed by atoms with van der Waals surface area (Å²) in [6.45, 7) is 6.91. The molecule has 0 bridgehead atoms. The summed E-state index contributed by atoms with van der Waals surface area (Å²) >= 11 is 4.13. The van der Waals surface area contributed by atoms with E-state index >= 15 is 0 Å². The molecule has 0 fully saturated rings. The maximum absolute atomic E-state index is 2.31. The second kappa shape index (κ2) is 3.66. The van der Waals surface area contributed by atoms with Crippen molar-refractivity contribution >= 4 is 23.1 Å². The van der Waals surface area contributed by atoms with E-state index in [0.717, 1.165) is 0 Å². The Morgan fingerprint density at radius 1 is 1.31 bits per heavy atom. The van der Waals surface area contributed by atoms with Crippen molar-refractivity contribution in [1.82, 2.24) is 0 Å². The van der Waals surface area contributed by atoms with Crippen molar-refractivity contribution in [3.05, 3.63) is 20.9 Å². The molecule has 1 aliphatic rings. The number of rotatable bonds is 1. The molecular weight excluding hydrogens is 196 g/mol. The summed E-state index contributed by atoms with van der Waals surface area (Å²) in [4.78, 5) is 3.27. The fourth-order valence-electron chi connectivity index (χ4n) is 1.96. The lowest BCUT2D eigenvalue weighted by Crippen LogP contribution is -1.99. The molecule has 2 heteroatoms. The van der Waals surface area contributed by atoms with Crippen molar-refractivity contribution < 1.29 is 0 Å². The van der Waals surface area contributed by atoms with Gasteiger partial charge in [0.2, 0.25) is 0 Å². The van der Waals surface area contributed by atoms with Gasteiger partial charge in [0.05, 0.1) is 0 Å². The van der Waals surface area contributed by atoms with Crippen LogP contribution in [0.5, 0.6) is 0 Å². The Kier molecular flexibility index (Phi) is 2.70. The van der Waals surface area contributed by atoms with Gasteiger partial charge in [0.25, 0.3) is 0 Å². The summed E-state index contributed by atoms with van der Waals surface area (Å²) in [7, 11) is 0. The van der Waals surface area contributed by atoms with Gasteiger partial charge in [-0.3, -0.25) is 0 Å². The topological polar surface area (TPSA) is 0 Å². The minimum absolute atomic E-state index is 0.709. The van der Waals surface area contributed by atoms with Gasteiger partial charge in [-0.1, -0.05) is 13.8 Å². The van der Waals surface area contributed by atoms with E-state index in [0.29, 0.717) is 5.92 Å². The van der Waals surface area contributed by atoms with E-state index in [1.165, 1.54) is 17.9 Å². The molecule has 72 valence electrons. The first-order valence-corrected chi connectivity index (χ1v) is 6.86. The molecule has 2 rings (SSSR count). The van der Waals surface area contributed by atoms with Crippen LogP contribution in [0.2, 0.25) is 0 Å². The van der Waals surface area contributed by atoms with Gasteiger partial charge in [-0.25, -0.2) is 0 Å². The number of thiophene rings is 1. The molecule has 1 aliphatic heterocycles. The SMILES string of the molecule is Cc1c(C(C)C)sc2c1CCSC2. The predicted molar refractivity (Wildman–Crippen MR) is 63.0 cm³/mol. The van der Waals surface area contributed by atoms with Crippen molar-refractivity contribution in [3.63, 3.8) is 0 Å². The molecule has 13 heavy (non-hydrogen) atoms. The van der Waals surface area contributed by atoms with Crippen molar-refractivity contribution in [1.29, 1.82) is 0 Å². The Labute approximate surface area is 88.7 Å². The highest BCUT2D eigenvalue weighted by atomic mass is 32.2. The van der Waals surface area contributed by atoms with Crippen LogP contribution in [0.4, 0.5) is 0 Å². The Balaban J connectivity index is 2.44. The average Bonchev–Trinajstić information content (AvgIpc) is 2.45. The minimum Gasteiger partial charge on any atom is -0.156 e. The molecular formula is C11H16S2. The second-order valence-corrected chi connectivity index (χ2v) is 6.19. The third-order valence-corrected chi connectivity index (χ3v) is 5.45. The molecule has 0 nitrogen and oxygen atoms in total. The third-order valence-electron chi connectivity index (χ3n) is 2.65. The maximum Gasteiger partial charge on any atom is 0.0282 e. The van der Waals surface area contributed by atoms with Crippen molar-refractivity contribution in [2.75, 3.05) is 5.75 Å². The van der Waals surface area contributed by atoms with Crippen molar-refractivity contribution in [3.8, 4) is 0 Å². The van der Waals surface area contributed by atoms with Gasteiger partial charge in [-0.15, -0.1) is 11.3 Å². The van der Waals surface area contributed by atoms with E-state index in [1.54, 1.807) is 20.9 Å². The first kappa shape index (κ1) is 9.60. The smallest absolute Gasteiger partial charge is 0.0282 e. The van der Waals surface area contributed by atoms with Gasteiger partial charge < -0.3 is 0 Å². The van der Waals surface area contributed by atoms with Crippen molar-refractivity contribution in [2.24, 2.45) is 0 Å². The molecule has 0 saturated heterocycles. The molecule has 0 atom stereocenters. The monoisotopic (exact) mass is 212 g/mol. The molecule has 0 amide bonds. The summed E-state index contributed by atoms with van der Waals surface area (Å²) in [5.41, 5.74) is 3.27. The Morgan fingerprint density at radius 3 is 2.69 bits per heavy atom. The zero-order chi connectivity index (χ0) is 9.42. The Morgan fingerprint density at radius 2 is 2.08 bits per heavy atom. The quantitative estimate of drug-likeness (QED) is 0.679. The summed E-state index contributed by atoms with van der Waals surface area (Å²) in [6.07, 6.45) is 1.30. The van der Waals surface area contributed by atoms with Crippen LogP contribution in [-0.4, -0.2) is 5.75 Å². The Bertz CT molecular complexity index is 310. The summed E-state index contributed by atoms with van der Waals surface area (Å²) < 4.78 is 0. The van der Waals surface area contributed by atoms with Crippen LogP contribution in [0.15, 0.2) is 0 Å². The van der Waals surface area contributed by atoms with Gasteiger partial charge in [0, 0.05) is 15.5 Å². The van der Waals surface area contributed by atoms with Gasteiger partial charge in [0.15, 0.2) is 0 Å². The highest BCUT2D eigenvalue weighted by Crippen LogP contribution is 2.38. The molecule has 0 aliphatic carbocycles. The minimum atomic E-state index is 0.709. The zero-order valence-electron chi connectivity index (χ0n) is 8.52. The van der Waals surface area contributed by atoms with Crippen LogP contribution in [0.3, 0.4) is 0 Å². The lowest BCUT2D eigenvalue weighted by molar-refractivity contribution is 0.877. The summed E-state index contributed by atoms with van der Waals surface area (Å²) in [6, 6.07) is 0. The number of hydrogen-bond donors (Lipinski definition) is 0. The zero-order valence-corrected chi connectivity index (χ0v) is 10.1. The average molecular weight is 212 g/mol. The van der Waals surface area contributed by atoms with Crippen LogP contribution in [0.25, 0.3) is 0 Å². The van der Waals surface area contributed by atoms with E-state index < -0.39 is 0 Å². The van der Waals surface area contributed by atoms with Crippen LogP contribution >= 0.6 is 23.1 Å². The lowest BCUT2D eigenvalue weighted by atomic mass is 10.0. The van der Waals surface area contributed by atoms with Crippen LogP contribution in [0, 0.1) is 6.92 Å². The molecule has 0 radical (unpaired) electrons. The first-order valence-electron chi connectivity index (χ1n) is 4.89. The molecule has 1 aromatic heterocycles. The van der Waals surface area contributed by atoms with Crippen LogP contribution in [0.1, 0.15) is 40.6 Å². The highest BCUT2D eigenvalue weighted by molar-refractivity contribution is 7.98. The summed E-state index contributed by atoms with van der Waals surface area (Å²) in [5, 5.41) is 0. The van der Waals surface area contributed by atoms with Crippen LogP contribution < -0.4 is 0 Å². The third kappa shape index (κ3) is 1.66. The molecule has 0 unspecified atom stereocenters. The van der Waals surface area contributed by atoms with E-state index in [4.69, 9.17) is 0 Å². The van der Waals surface area contributed by atoms with E-state index in [2.05, 4.69) is 32.5 Å². The van der Waals surface area contributed by atoms with Crippen LogP contribution in [-0.2, 0) is 12.2 Å². The number of fused-ring (bicyclic) bond motifs is 1. The fraction of sp³-hybridized carbons (Fsp3) is 0.636. The number of hydrogen-bond acceptors (Lipinski definition) is 2. The molecule has 0 spiro atoms. The van der Waals surface area contributed by atoms with E-state index in [1.807, 2.05) is 11.3 Å². The molecule has 1 aromatic rings. The standard InChI is InChI=1S/C11H16S2/c1-7(2)11-8(3)9-4-5-12-6-10(9)13-11/h7H,4-6H2,1-3H3.